The summed E-state index contributed by atoms with van der Waals surface area (Å²) in [6.45, 7) is 6.48. The molecule has 4 heteroatoms. The van der Waals surface area contributed by atoms with Crippen LogP contribution in [0, 0.1) is 0 Å². The second kappa shape index (κ2) is 7.24. The fourth-order valence-electron chi connectivity index (χ4n) is 2.21. The van der Waals surface area contributed by atoms with Crippen LogP contribution >= 0.6 is 0 Å². The third-order valence-corrected chi connectivity index (χ3v) is 3.27. The number of hydrogen-bond donors (Lipinski definition) is 1. The van der Waals surface area contributed by atoms with Crippen molar-refractivity contribution in [3.8, 4) is 0 Å². The monoisotopic (exact) mass is 260 g/mol. The van der Waals surface area contributed by atoms with Crippen LogP contribution in [0.1, 0.15) is 39.5 Å². The molecular weight excluding hydrogens is 236 g/mol. The molecule has 0 spiro atoms. The van der Waals surface area contributed by atoms with Gasteiger partial charge in [0.1, 0.15) is 5.52 Å². The Hall–Kier alpha value is -1.42. The van der Waals surface area contributed by atoms with Crippen molar-refractivity contribution in [2.75, 3.05) is 6.54 Å². The number of aryl methyl sites for hydroxylation is 1. The van der Waals surface area contributed by atoms with Crippen LogP contribution in [-0.2, 0) is 6.54 Å². The highest BCUT2D eigenvalue weighted by Gasteiger charge is 2.02. The van der Waals surface area contributed by atoms with Gasteiger partial charge >= 0.3 is 0 Å². The smallest absolute Gasteiger partial charge is 0.113 e. The molecule has 0 fully saturated rings. The summed E-state index contributed by atoms with van der Waals surface area (Å²) in [6.07, 6.45) is 4.98. The quantitative estimate of drug-likeness (QED) is 0.742. The highest BCUT2D eigenvalue weighted by molar-refractivity contribution is 5.73. The van der Waals surface area contributed by atoms with Crippen molar-refractivity contribution in [1.82, 2.24) is 20.3 Å². The number of hydrogen-bond acceptors (Lipinski definition) is 3. The van der Waals surface area contributed by atoms with Gasteiger partial charge in [-0.25, -0.2) is 4.68 Å². The molecule has 0 radical (unpaired) electrons. The maximum Gasteiger partial charge on any atom is 0.113 e. The highest BCUT2D eigenvalue weighted by atomic mass is 15.4. The molecule has 0 saturated carbocycles. The highest BCUT2D eigenvalue weighted by Crippen LogP contribution is 2.11. The number of aromatic nitrogens is 3. The summed E-state index contributed by atoms with van der Waals surface area (Å²) in [5, 5.41) is 11.8. The number of nitrogens with one attached hydrogen (secondary N) is 1. The van der Waals surface area contributed by atoms with Gasteiger partial charge in [0.05, 0.1) is 5.52 Å². The van der Waals surface area contributed by atoms with Crippen molar-refractivity contribution >= 4 is 11.0 Å². The second-order valence-corrected chi connectivity index (χ2v) is 5.32. The lowest BCUT2D eigenvalue weighted by Gasteiger charge is -2.07. The molecule has 0 atom stereocenters. The lowest BCUT2D eigenvalue weighted by molar-refractivity contribution is 0.510. The minimum atomic E-state index is 0.599. The SMILES string of the molecule is CC(C)NCCCCCCn1nnc2ccccc21. The summed E-state index contributed by atoms with van der Waals surface area (Å²) < 4.78 is 2.02. The van der Waals surface area contributed by atoms with Crippen molar-refractivity contribution in [2.24, 2.45) is 0 Å². The number of fused-ring (bicyclic) bond motifs is 1. The van der Waals surface area contributed by atoms with E-state index in [0.29, 0.717) is 6.04 Å². The first-order chi connectivity index (χ1) is 9.27. The van der Waals surface area contributed by atoms with Crippen molar-refractivity contribution in [2.45, 2.75) is 52.1 Å². The van der Waals surface area contributed by atoms with Crippen LogP contribution < -0.4 is 5.32 Å². The maximum atomic E-state index is 4.21. The number of rotatable bonds is 8. The van der Waals surface area contributed by atoms with E-state index in [1.54, 1.807) is 0 Å². The molecule has 0 amide bonds. The molecule has 0 saturated heterocycles. The lowest BCUT2D eigenvalue weighted by atomic mass is 10.2. The van der Waals surface area contributed by atoms with Gasteiger partial charge in [-0.2, -0.15) is 0 Å². The van der Waals surface area contributed by atoms with E-state index in [-0.39, 0.29) is 0 Å². The first-order valence-electron chi connectivity index (χ1n) is 7.29. The fourth-order valence-corrected chi connectivity index (χ4v) is 2.21. The summed E-state index contributed by atoms with van der Waals surface area (Å²) >= 11 is 0. The lowest BCUT2D eigenvalue weighted by Crippen LogP contribution is -2.23. The molecule has 2 aromatic rings. The Bertz CT molecular complexity index is 490. The molecule has 104 valence electrons. The van der Waals surface area contributed by atoms with E-state index in [9.17, 15) is 0 Å². The van der Waals surface area contributed by atoms with Crippen molar-refractivity contribution in [3.05, 3.63) is 24.3 Å². The van der Waals surface area contributed by atoms with Crippen LogP contribution in [0.15, 0.2) is 24.3 Å². The molecule has 0 aliphatic heterocycles. The topological polar surface area (TPSA) is 42.7 Å². The summed E-state index contributed by atoms with van der Waals surface area (Å²) in [6, 6.07) is 8.74. The predicted molar refractivity (Wildman–Crippen MR) is 79.1 cm³/mol. The van der Waals surface area contributed by atoms with E-state index in [4.69, 9.17) is 0 Å². The third-order valence-electron chi connectivity index (χ3n) is 3.27. The molecule has 1 aromatic heterocycles. The van der Waals surface area contributed by atoms with Gasteiger partial charge in [-0.1, -0.05) is 44.0 Å². The Morgan fingerprint density at radius 3 is 2.74 bits per heavy atom. The molecule has 0 bridgehead atoms. The zero-order valence-electron chi connectivity index (χ0n) is 12.0. The average Bonchev–Trinajstić information content (AvgIpc) is 2.81. The number of nitrogens with zero attached hydrogens (tertiary/aromatic N) is 3. The van der Waals surface area contributed by atoms with E-state index in [2.05, 4.69) is 35.5 Å². The van der Waals surface area contributed by atoms with E-state index in [0.717, 1.165) is 24.1 Å². The van der Waals surface area contributed by atoms with Gasteiger partial charge in [0.15, 0.2) is 0 Å². The minimum Gasteiger partial charge on any atom is -0.315 e. The molecule has 1 heterocycles. The average molecular weight is 260 g/mol. The third kappa shape index (κ3) is 4.31. The van der Waals surface area contributed by atoms with Gasteiger partial charge in [0.2, 0.25) is 0 Å². The summed E-state index contributed by atoms with van der Waals surface area (Å²) in [5.41, 5.74) is 2.13. The Labute approximate surface area is 115 Å². The van der Waals surface area contributed by atoms with Crippen LogP contribution in [0.4, 0.5) is 0 Å². The Morgan fingerprint density at radius 1 is 1.11 bits per heavy atom. The van der Waals surface area contributed by atoms with Crippen molar-refractivity contribution in [3.63, 3.8) is 0 Å². The molecule has 1 N–H and O–H groups in total. The predicted octanol–water partition coefficient (Wildman–Crippen LogP) is 2.99. The summed E-state index contributed by atoms with van der Waals surface area (Å²) in [5.74, 6) is 0. The van der Waals surface area contributed by atoms with Gasteiger partial charge in [-0.3, -0.25) is 0 Å². The fraction of sp³-hybridized carbons (Fsp3) is 0.600. The van der Waals surface area contributed by atoms with Crippen LogP contribution in [0.25, 0.3) is 11.0 Å². The number of para-hydroxylation sites is 1. The van der Waals surface area contributed by atoms with Gasteiger partial charge < -0.3 is 5.32 Å². The Morgan fingerprint density at radius 2 is 1.89 bits per heavy atom. The number of benzene rings is 1. The van der Waals surface area contributed by atoms with Gasteiger partial charge in [0.25, 0.3) is 0 Å². The molecule has 19 heavy (non-hydrogen) atoms. The Balaban J connectivity index is 1.66. The minimum absolute atomic E-state index is 0.599. The normalized spacial score (nSPS) is 11.5. The van der Waals surface area contributed by atoms with E-state index in [1.165, 1.54) is 25.7 Å². The summed E-state index contributed by atoms with van der Waals surface area (Å²) in [7, 11) is 0. The van der Waals surface area contributed by atoms with E-state index >= 15 is 0 Å². The first kappa shape index (κ1) is 14.0. The number of unbranched alkanes of at least 4 members (excludes halogenated alkanes) is 3. The molecule has 2 rings (SSSR count). The summed E-state index contributed by atoms with van der Waals surface area (Å²) in [4.78, 5) is 0. The van der Waals surface area contributed by atoms with Crippen molar-refractivity contribution in [1.29, 1.82) is 0 Å². The van der Waals surface area contributed by atoms with Crippen molar-refractivity contribution < 1.29 is 0 Å². The molecule has 1 aromatic carbocycles. The zero-order valence-corrected chi connectivity index (χ0v) is 12.0. The molecule has 0 aliphatic carbocycles. The molecule has 0 aliphatic rings. The molecule has 4 nitrogen and oxygen atoms in total. The molecule has 0 unspecified atom stereocenters. The maximum absolute atomic E-state index is 4.21. The van der Waals surface area contributed by atoms with Crippen LogP contribution in [0.2, 0.25) is 0 Å². The van der Waals surface area contributed by atoms with Crippen LogP contribution in [0.3, 0.4) is 0 Å². The zero-order chi connectivity index (χ0) is 13.5. The first-order valence-corrected chi connectivity index (χ1v) is 7.29. The van der Waals surface area contributed by atoms with Gasteiger partial charge in [-0.05, 0) is 31.5 Å². The standard InChI is InChI=1S/C15H24N4/c1-13(2)16-11-7-3-4-8-12-19-15-10-6-5-9-14(15)17-18-19/h5-6,9-10,13,16H,3-4,7-8,11-12H2,1-2H3. The second-order valence-electron chi connectivity index (χ2n) is 5.32. The van der Waals surface area contributed by atoms with Gasteiger partial charge in [0, 0.05) is 12.6 Å². The Kier molecular flexibility index (Phi) is 5.33. The van der Waals surface area contributed by atoms with E-state index < -0.39 is 0 Å². The van der Waals surface area contributed by atoms with E-state index in [1.807, 2.05) is 22.9 Å². The van der Waals surface area contributed by atoms with Crippen LogP contribution in [0.5, 0.6) is 0 Å². The van der Waals surface area contributed by atoms with Gasteiger partial charge in [-0.15, -0.1) is 5.10 Å². The molecular formula is C15H24N4. The van der Waals surface area contributed by atoms with Crippen LogP contribution in [-0.4, -0.2) is 27.6 Å². The largest absolute Gasteiger partial charge is 0.315 e.